The average molecular weight is 256 g/mol. The van der Waals surface area contributed by atoms with Crippen molar-refractivity contribution in [3.63, 3.8) is 0 Å². The van der Waals surface area contributed by atoms with Crippen LogP contribution < -0.4 is 10.1 Å². The summed E-state index contributed by atoms with van der Waals surface area (Å²) in [6.45, 7) is 3.94. The summed E-state index contributed by atoms with van der Waals surface area (Å²) >= 11 is 0. The molecule has 1 aliphatic heterocycles. The van der Waals surface area contributed by atoms with Crippen molar-refractivity contribution in [3.8, 4) is 5.75 Å². The first-order chi connectivity index (χ1) is 7.88. The highest BCUT2D eigenvalue weighted by Gasteiger charge is 2.12. The number of hydrogen-bond acceptors (Lipinski definition) is 2. The van der Waals surface area contributed by atoms with Crippen LogP contribution in [0.1, 0.15) is 31.7 Å². The van der Waals surface area contributed by atoms with Gasteiger partial charge in [-0.3, -0.25) is 0 Å². The summed E-state index contributed by atoms with van der Waals surface area (Å²) in [5.74, 6) is 0.975. The van der Waals surface area contributed by atoms with Gasteiger partial charge >= 0.3 is 0 Å². The van der Waals surface area contributed by atoms with E-state index in [1.807, 2.05) is 6.92 Å². The van der Waals surface area contributed by atoms with E-state index in [1.165, 1.54) is 31.4 Å². The predicted octanol–water partition coefficient (Wildman–Crippen LogP) is 3.19. The number of ether oxygens (including phenoxy) is 1. The van der Waals surface area contributed by atoms with Crippen LogP contribution in [0.15, 0.2) is 24.3 Å². The van der Waals surface area contributed by atoms with Gasteiger partial charge in [0.1, 0.15) is 5.75 Å². The normalized spacial score (nSPS) is 19.5. The zero-order valence-corrected chi connectivity index (χ0v) is 11.3. The van der Waals surface area contributed by atoms with Gasteiger partial charge in [0.05, 0.1) is 6.61 Å². The standard InChI is InChI=1S/C14H21NO.ClH/c1-2-16-14-8-6-12(7-9-14)11-13-5-3-4-10-15-13;/h6-9,13,15H,2-5,10-11H2,1H3;1H. The van der Waals surface area contributed by atoms with Crippen molar-refractivity contribution in [1.82, 2.24) is 5.32 Å². The molecular formula is C14H22ClNO. The van der Waals surface area contributed by atoms with E-state index in [4.69, 9.17) is 4.74 Å². The largest absolute Gasteiger partial charge is 0.494 e. The molecule has 0 bridgehead atoms. The van der Waals surface area contributed by atoms with Crippen LogP contribution in [0.25, 0.3) is 0 Å². The maximum Gasteiger partial charge on any atom is 0.119 e. The lowest BCUT2D eigenvalue weighted by Gasteiger charge is -2.23. The van der Waals surface area contributed by atoms with Crippen molar-refractivity contribution < 1.29 is 4.74 Å². The maximum atomic E-state index is 5.44. The Labute approximate surface area is 110 Å². The van der Waals surface area contributed by atoms with Crippen LogP contribution in [0, 0.1) is 0 Å². The van der Waals surface area contributed by atoms with Crippen molar-refractivity contribution in [2.24, 2.45) is 0 Å². The van der Waals surface area contributed by atoms with E-state index in [-0.39, 0.29) is 12.4 Å². The Morgan fingerprint density at radius 3 is 2.59 bits per heavy atom. The van der Waals surface area contributed by atoms with Gasteiger partial charge in [0, 0.05) is 6.04 Å². The van der Waals surface area contributed by atoms with E-state index in [0.29, 0.717) is 6.04 Å². The third-order valence-corrected chi connectivity index (χ3v) is 3.13. The molecule has 3 heteroatoms. The van der Waals surface area contributed by atoms with Gasteiger partial charge < -0.3 is 10.1 Å². The summed E-state index contributed by atoms with van der Waals surface area (Å²) in [7, 11) is 0. The fourth-order valence-electron chi connectivity index (χ4n) is 2.27. The van der Waals surface area contributed by atoms with Crippen molar-refractivity contribution in [1.29, 1.82) is 0 Å². The summed E-state index contributed by atoms with van der Waals surface area (Å²) in [6.07, 6.45) is 5.16. The molecule has 2 nitrogen and oxygen atoms in total. The Kier molecular flexibility index (Phi) is 6.38. The van der Waals surface area contributed by atoms with Crippen LogP contribution in [0.5, 0.6) is 5.75 Å². The van der Waals surface area contributed by atoms with Gasteiger partial charge in [0.15, 0.2) is 0 Å². The fraction of sp³-hybridized carbons (Fsp3) is 0.571. The van der Waals surface area contributed by atoms with Gasteiger partial charge in [-0.2, -0.15) is 0 Å². The first-order valence-corrected chi connectivity index (χ1v) is 6.33. The second-order valence-electron chi connectivity index (χ2n) is 4.43. The smallest absolute Gasteiger partial charge is 0.119 e. The summed E-state index contributed by atoms with van der Waals surface area (Å²) < 4.78 is 5.44. The van der Waals surface area contributed by atoms with Crippen molar-refractivity contribution in [2.75, 3.05) is 13.2 Å². The quantitative estimate of drug-likeness (QED) is 0.892. The molecule has 1 aliphatic rings. The van der Waals surface area contributed by atoms with Crippen LogP contribution in [-0.2, 0) is 6.42 Å². The first kappa shape index (κ1) is 14.3. The number of benzene rings is 1. The number of nitrogens with one attached hydrogen (secondary N) is 1. The lowest BCUT2D eigenvalue weighted by Crippen LogP contribution is -2.35. The number of hydrogen-bond donors (Lipinski definition) is 1. The molecule has 0 radical (unpaired) electrons. The van der Waals surface area contributed by atoms with Crippen LogP contribution in [0.2, 0.25) is 0 Å². The predicted molar refractivity (Wildman–Crippen MR) is 74.2 cm³/mol. The lowest BCUT2D eigenvalue weighted by molar-refractivity contribution is 0.340. The Bertz CT molecular complexity index is 307. The zero-order chi connectivity index (χ0) is 11.2. The van der Waals surface area contributed by atoms with Crippen LogP contribution >= 0.6 is 12.4 Å². The molecule has 0 spiro atoms. The van der Waals surface area contributed by atoms with Gasteiger partial charge in [-0.05, 0) is 50.4 Å². The molecule has 1 heterocycles. The van der Waals surface area contributed by atoms with Crippen LogP contribution in [0.4, 0.5) is 0 Å². The summed E-state index contributed by atoms with van der Waals surface area (Å²) in [5.41, 5.74) is 1.41. The molecule has 2 rings (SSSR count). The van der Waals surface area contributed by atoms with Gasteiger partial charge in [0.25, 0.3) is 0 Å². The second kappa shape index (κ2) is 7.57. The molecule has 1 saturated heterocycles. The minimum absolute atomic E-state index is 0. The first-order valence-electron chi connectivity index (χ1n) is 6.33. The zero-order valence-electron chi connectivity index (χ0n) is 10.4. The Balaban J connectivity index is 0.00000144. The molecule has 0 aromatic heterocycles. The fourth-order valence-corrected chi connectivity index (χ4v) is 2.27. The third-order valence-electron chi connectivity index (χ3n) is 3.13. The van der Waals surface area contributed by atoms with Crippen molar-refractivity contribution in [3.05, 3.63) is 29.8 Å². The molecule has 0 saturated carbocycles. The van der Waals surface area contributed by atoms with Gasteiger partial charge in [-0.1, -0.05) is 18.6 Å². The SMILES string of the molecule is CCOc1ccc(CC2CCCCN2)cc1.Cl. The number of halogens is 1. The summed E-state index contributed by atoms with van der Waals surface area (Å²) in [5, 5.41) is 3.58. The Morgan fingerprint density at radius 2 is 2.00 bits per heavy atom. The topological polar surface area (TPSA) is 21.3 Å². The monoisotopic (exact) mass is 255 g/mol. The van der Waals surface area contributed by atoms with Crippen LogP contribution in [-0.4, -0.2) is 19.2 Å². The molecule has 1 aromatic rings. The molecule has 1 fully saturated rings. The van der Waals surface area contributed by atoms with E-state index >= 15 is 0 Å². The second-order valence-corrected chi connectivity index (χ2v) is 4.43. The highest BCUT2D eigenvalue weighted by molar-refractivity contribution is 5.85. The van der Waals surface area contributed by atoms with E-state index in [9.17, 15) is 0 Å². The minimum Gasteiger partial charge on any atom is -0.494 e. The van der Waals surface area contributed by atoms with Crippen LogP contribution in [0.3, 0.4) is 0 Å². The van der Waals surface area contributed by atoms with Gasteiger partial charge in [-0.25, -0.2) is 0 Å². The molecule has 1 N–H and O–H groups in total. The summed E-state index contributed by atoms with van der Waals surface area (Å²) in [6, 6.07) is 9.18. The molecule has 17 heavy (non-hydrogen) atoms. The maximum absolute atomic E-state index is 5.44. The van der Waals surface area contributed by atoms with E-state index in [2.05, 4.69) is 29.6 Å². The third kappa shape index (κ3) is 4.57. The lowest BCUT2D eigenvalue weighted by atomic mass is 9.98. The van der Waals surface area contributed by atoms with E-state index in [0.717, 1.165) is 18.8 Å². The molecule has 0 amide bonds. The molecule has 1 atom stereocenters. The number of rotatable bonds is 4. The number of piperidine rings is 1. The van der Waals surface area contributed by atoms with E-state index in [1.54, 1.807) is 0 Å². The summed E-state index contributed by atoms with van der Waals surface area (Å²) in [4.78, 5) is 0. The molecule has 96 valence electrons. The Hall–Kier alpha value is -0.730. The molecular weight excluding hydrogens is 234 g/mol. The van der Waals surface area contributed by atoms with E-state index < -0.39 is 0 Å². The molecule has 1 aromatic carbocycles. The minimum atomic E-state index is 0. The van der Waals surface area contributed by atoms with Gasteiger partial charge in [0.2, 0.25) is 0 Å². The van der Waals surface area contributed by atoms with Gasteiger partial charge in [-0.15, -0.1) is 12.4 Å². The average Bonchev–Trinajstić information content (AvgIpc) is 2.33. The Morgan fingerprint density at radius 1 is 1.24 bits per heavy atom. The molecule has 1 unspecified atom stereocenters. The van der Waals surface area contributed by atoms with Crippen molar-refractivity contribution in [2.45, 2.75) is 38.6 Å². The highest BCUT2D eigenvalue weighted by Crippen LogP contribution is 2.16. The highest BCUT2D eigenvalue weighted by atomic mass is 35.5. The van der Waals surface area contributed by atoms with Crippen molar-refractivity contribution >= 4 is 12.4 Å². The molecule has 0 aliphatic carbocycles.